The lowest BCUT2D eigenvalue weighted by atomic mass is 10.2. The first-order valence-electron chi connectivity index (χ1n) is 8.84. The number of amides is 1. The average Bonchev–Trinajstić information content (AvgIpc) is 3.01. The van der Waals surface area contributed by atoms with Gasteiger partial charge >= 0.3 is 0 Å². The maximum atomic E-state index is 12.2. The van der Waals surface area contributed by atoms with Crippen LogP contribution in [0.5, 0.6) is 11.5 Å². The summed E-state index contributed by atoms with van der Waals surface area (Å²) in [4.78, 5) is 12.2. The Hall–Kier alpha value is -3.54. The van der Waals surface area contributed by atoms with Crippen molar-refractivity contribution in [1.29, 1.82) is 0 Å². The first kappa shape index (κ1) is 19.2. The van der Waals surface area contributed by atoms with Crippen molar-refractivity contribution in [3.8, 4) is 17.2 Å². The molecule has 3 aromatic rings. The fraction of sp³-hybridized carbons (Fsp3) is 0.182. The van der Waals surface area contributed by atoms with Crippen LogP contribution in [0.25, 0.3) is 5.69 Å². The molecule has 1 heterocycles. The van der Waals surface area contributed by atoms with Crippen LogP contribution in [0.15, 0.2) is 59.7 Å². The van der Waals surface area contributed by atoms with E-state index in [-0.39, 0.29) is 5.91 Å². The molecule has 6 heteroatoms. The minimum absolute atomic E-state index is 0.292. The summed E-state index contributed by atoms with van der Waals surface area (Å²) < 4.78 is 12.5. The summed E-state index contributed by atoms with van der Waals surface area (Å²) in [7, 11) is 3.21. The third kappa shape index (κ3) is 4.06. The fourth-order valence-electron chi connectivity index (χ4n) is 3.04. The number of methoxy groups -OCH3 is 2. The van der Waals surface area contributed by atoms with Crippen molar-refractivity contribution in [2.75, 3.05) is 14.2 Å². The summed E-state index contributed by atoms with van der Waals surface area (Å²) in [6.45, 7) is 4.05. The highest BCUT2D eigenvalue weighted by atomic mass is 16.5. The van der Waals surface area contributed by atoms with E-state index in [2.05, 4.69) is 15.1 Å². The quantitative estimate of drug-likeness (QED) is 0.524. The van der Waals surface area contributed by atoms with E-state index in [4.69, 9.17) is 9.47 Å². The van der Waals surface area contributed by atoms with E-state index in [0.717, 1.165) is 28.4 Å². The SMILES string of the molecule is COc1ccc(-n2c(C)cc(/C=N\NC(=O)c3cccc(OC)c3)c2C)cc1. The van der Waals surface area contributed by atoms with Crippen LogP contribution in [0.1, 0.15) is 27.3 Å². The molecule has 1 N–H and O–H groups in total. The van der Waals surface area contributed by atoms with Gasteiger partial charge in [-0.2, -0.15) is 5.10 Å². The lowest BCUT2D eigenvalue weighted by molar-refractivity contribution is 0.0955. The van der Waals surface area contributed by atoms with Crippen LogP contribution in [0.3, 0.4) is 0 Å². The topological polar surface area (TPSA) is 64.8 Å². The largest absolute Gasteiger partial charge is 0.497 e. The van der Waals surface area contributed by atoms with E-state index in [1.807, 2.05) is 44.2 Å². The monoisotopic (exact) mass is 377 g/mol. The van der Waals surface area contributed by atoms with Crippen LogP contribution in [0.2, 0.25) is 0 Å². The molecule has 1 aromatic heterocycles. The summed E-state index contributed by atoms with van der Waals surface area (Å²) in [6, 6.07) is 16.8. The van der Waals surface area contributed by atoms with E-state index < -0.39 is 0 Å². The number of aromatic nitrogens is 1. The molecule has 3 rings (SSSR count). The molecule has 0 radical (unpaired) electrons. The molecule has 1 amide bonds. The highest BCUT2D eigenvalue weighted by Crippen LogP contribution is 2.22. The van der Waals surface area contributed by atoms with Gasteiger partial charge in [0.15, 0.2) is 0 Å². The van der Waals surface area contributed by atoms with Gasteiger partial charge in [0.05, 0.1) is 20.4 Å². The minimum atomic E-state index is -0.292. The van der Waals surface area contributed by atoms with Crippen LogP contribution >= 0.6 is 0 Å². The second kappa shape index (κ2) is 8.43. The van der Waals surface area contributed by atoms with E-state index in [1.54, 1.807) is 44.7 Å². The third-order valence-electron chi connectivity index (χ3n) is 4.50. The Morgan fingerprint density at radius 3 is 2.39 bits per heavy atom. The Morgan fingerprint density at radius 1 is 1.00 bits per heavy atom. The standard InChI is InChI=1S/C22H23N3O3/c1-15-12-18(16(2)25(15)19-8-10-20(27-3)11-9-19)14-23-24-22(26)17-6-5-7-21(13-17)28-4/h5-14H,1-4H3,(H,24,26)/b23-14-. The normalized spacial score (nSPS) is 10.9. The average molecular weight is 377 g/mol. The van der Waals surface area contributed by atoms with Gasteiger partial charge in [0, 0.05) is 28.2 Å². The zero-order valence-electron chi connectivity index (χ0n) is 16.4. The van der Waals surface area contributed by atoms with Crippen LogP contribution in [0, 0.1) is 13.8 Å². The number of carbonyl (C=O) groups is 1. The third-order valence-corrected chi connectivity index (χ3v) is 4.50. The molecule has 0 saturated heterocycles. The van der Waals surface area contributed by atoms with Crippen molar-refractivity contribution in [2.24, 2.45) is 5.10 Å². The summed E-state index contributed by atoms with van der Waals surface area (Å²) in [6.07, 6.45) is 1.65. The van der Waals surface area contributed by atoms with E-state index in [1.165, 1.54) is 0 Å². The summed E-state index contributed by atoms with van der Waals surface area (Å²) >= 11 is 0. The predicted molar refractivity (Wildman–Crippen MR) is 110 cm³/mol. The number of hydrazone groups is 1. The van der Waals surface area contributed by atoms with Crippen molar-refractivity contribution < 1.29 is 14.3 Å². The second-order valence-corrected chi connectivity index (χ2v) is 6.29. The molecule has 0 atom stereocenters. The van der Waals surface area contributed by atoms with Gasteiger partial charge in [-0.3, -0.25) is 4.79 Å². The molecule has 144 valence electrons. The molecular weight excluding hydrogens is 354 g/mol. The van der Waals surface area contributed by atoms with Gasteiger partial charge in [-0.15, -0.1) is 0 Å². The molecular formula is C22H23N3O3. The summed E-state index contributed by atoms with van der Waals surface area (Å²) in [5.74, 6) is 1.15. The number of rotatable bonds is 6. The number of hydrogen-bond donors (Lipinski definition) is 1. The number of nitrogens with zero attached hydrogens (tertiary/aromatic N) is 2. The number of ether oxygens (including phenoxy) is 2. The number of carbonyl (C=O) groups excluding carboxylic acids is 1. The maximum absolute atomic E-state index is 12.2. The van der Waals surface area contributed by atoms with E-state index >= 15 is 0 Å². The van der Waals surface area contributed by atoms with Gasteiger partial charge in [0.2, 0.25) is 0 Å². The Morgan fingerprint density at radius 2 is 1.71 bits per heavy atom. The second-order valence-electron chi connectivity index (χ2n) is 6.29. The summed E-state index contributed by atoms with van der Waals surface area (Å²) in [5.41, 5.74) is 7.11. The highest BCUT2D eigenvalue weighted by molar-refractivity contribution is 5.95. The van der Waals surface area contributed by atoms with Crippen molar-refractivity contribution in [1.82, 2.24) is 9.99 Å². The van der Waals surface area contributed by atoms with Gasteiger partial charge in [-0.25, -0.2) is 5.43 Å². The summed E-state index contributed by atoms with van der Waals surface area (Å²) in [5, 5.41) is 4.11. The molecule has 2 aromatic carbocycles. The number of nitrogens with one attached hydrogen (secondary N) is 1. The van der Waals surface area contributed by atoms with Crippen LogP contribution in [0.4, 0.5) is 0 Å². The van der Waals surface area contributed by atoms with Crippen LogP contribution in [-0.2, 0) is 0 Å². The molecule has 0 saturated carbocycles. The molecule has 0 aliphatic carbocycles. The zero-order valence-corrected chi connectivity index (χ0v) is 16.4. The number of benzene rings is 2. The molecule has 0 spiro atoms. The van der Waals surface area contributed by atoms with Gasteiger partial charge in [0.1, 0.15) is 11.5 Å². The van der Waals surface area contributed by atoms with Gasteiger partial charge in [-0.05, 0) is 62.4 Å². The van der Waals surface area contributed by atoms with Gasteiger partial charge < -0.3 is 14.0 Å². The molecule has 6 nitrogen and oxygen atoms in total. The van der Waals surface area contributed by atoms with Crippen molar-refractivity contribution in [2.45, 2.75) is 13.8 Å². The van der Waals surface area contributed by atoms with Crippen molar-refractivity contribution in [3.63, 3.8) is 0 Å². The minimum Gasteiger partial charge on any atom is -0.497 e. The van der Waals surface area contributed by atoms with Crippen LogP contribution < -0.4 is 14.9 Å². The Labute approximate surface area is 164 Å². The number of aryl methyl sites for hydroxylation is 1. The molecule has 0 unspecified atom stereocenters. The van der Waals surface area contributed by atoms with Crippen molar-refractivity contribution in [3.05, 3.63) is 77.1 Å². The Balaban J connectivity index is 1.76. The van der Waals surface area contributed by atoms with Crippen molar-refractivity contribution >= 4 is 12.1 Å². The van der Waals surface area contributed by atoms with Gasteiger partial charge in [-0.1, -0.05) is 6.07 Å². The van der Waals surface area contributed by atoms with E-state index in [9.17, 15) is 4.79 Å². The molecule has 0 aliphatic heterocycles. The smallest absolute Gasteiger partial charge is 0.271 e. The Kier molecular flexibility index (Phi) is 5.79. The fourth-order valence-corrected chi connectivity index (χ4v) is 3.04. The first-order valence-corrected chi connectivity index (χ1v) is 8.84. The van der Waals surface area contributed by atoms with Crippen LogP contribution in [-0.4, -0.2) is 30.9 Å². The highest BCUT2D eigenvalue weighted by Gasteiger charge is 2.10. The molecule has 0 aliphatic rings. The molecule has 0 bridgehead atoms. The molecule has 0 fully saturated rings. The van der Waals surface area contributed by atoms with E-state index in [0.29, 0.717) is 11.3 Å². The lowest BCUT2D eigenvalue weighted by Gasteiger charge is -2.10. The maximum Gasteiger partial charge on any atom is 0.271 e. The zero-order chi connectivity index (χ0) is 20.1. The molecule has 28 heavy (non-hydrogen) atoms. The van der Waals surface area contributed by atoms with Gasteiger partial charge in [0.25, 0.3) is 5.91 Å². The lowest BCUT2D eigenvalue weighted by Crippen LogP contribution is -2.17. The first-order chi connectivity index (χ1) is 13.5. The Bertz CT molecular complexity index is 1000. The number of hydrogen-bond acceptors (Lipinski definition) is 4. The predicted octanol–water partition coefficient (Wildman–Crippen LogP) is 3.88.